The van der Waals surface area contributed by atoms with Gasteiger partial charge in [0, 0.05) is 23.3 Å². The first-order valence-electron chi connectivity index (χ1n) is 8.92. The molecule has 0 bridgehead atoms. The minimum Gasteiger partial charge on any atom is -0.324 e. The molecule has 4 rings (SSSR count). The van der Waals surface area contributed by atoms with Crippen molar-refractivity contribution in [1.82, 2.24) is 18.9 Å². The van der Waals surface area contributed by atoms with E-state index in [4.69, 9.17) is 11.6 Å². The van der Waals surface area contributed by atoms with Gasteiger partial charge < -0.3 is 5.32 Å². The van der Waals surface area contributed by atoms with Crippen molar-refractivity contribution in [2.75, 3.05) is 5.32 Å². The Labute approximate surface area is 175 Å². The third kappa shape index (κ3) is 3.90. The van der Waals surface area contributed by atoms with Crippen molar-refractivity contribution in [2.24, 2.45) is 0 Å². The van der Waals surface area contributed by atoms with Gasteiger partial charge in [-0.05, 0) is 41.9 Å². The molecule has 3 heterocycles. The predicted octanol–water partition coefficient (Wildman–Crippen LogP) is 3.77. The van der Waals surface area contributed by atoms with E-state index in [0.29, 0.717) is 44.6 Å². The van der Waals surface area contributed by atoms with E-state index >= 15 is 0 Å². The zero-order chi connectivity index (χ0) is 20.4. The fourth-order valence-corrected chi connectivity index (χ4v) is 3.94. The summed E-state index contributed by atoms with van der Waals surface area (Å²) >= 11 is 7.02. The number of hydrogen-bond donors (Lipinski definition) is 1. The molecule has 0 spiro atoms. The molecule has 0 aliphatic carbocycles. The Hall–Kier alpha value is -3.10. The number of fused-ring (bicyclic) bond motifs is 1. The molecule has 1 aromatic carbocycles. The summed E-state index contributed by atoms with van der Waals surface area (Å²) in [5.74, 6) is 0.181. The van der Waals surface area contributed by atoms with Crippen molar-refractivity contribution in [2.45, 2.75) is 19.9 Å². The lowest BCUT2D eigenvalue weighted by Crippen LogP contribution is -2.30. The van der Waals surface area contributed by atoms with Gasteiger partial charge in [-0.25, -0.2) is 4.98 Å². The highest BCUT2D eigenvalue weighted by Crippen LogP contribution is 2.26. The molecule has 0 aliphatic heterocycles. The Morgan fingerprint density at radius 1 is 1.24 bits per heavy atom. The molecule has 7 nitrogen and oxygen atoms in total. The largest absolute Gasteiger partial charge is 0.324 e. The standard InChI is InChI=1S/C20H16ClN5O2S/c1-2-15-24-18-17(14-8-3-4-9-22-14)25-29-19(18)20(28)26(15)11-16(27)23-13-7-5-6-12(21)10-13/h3-10H,2,11H2,1H3,(H,23,27). The lowest BCUT2D eigenvalue weighted by Gasteiger charge is -2.11. The first-order chi connectivity index (χ1) is 14.1. The van der Waals surface area contributed by atoms with Crippen molar-refractivity contribution >= 4 is 44.9 Å². The summed E-state index contributed by atoms with van der Waals surface area (Å²) in [6, 6.07) is 12.3. The second kappa shape index (κ2) is 8.10. The monoisotopic (exact) mass is 425 g/mol. The number of pyridine rings is 1. The zero-order valence-electron chi connectivity index (χ0n) is 15.4. The fourth-order valence-electron chi connectivity index (χ4n) is 2.97. The Balaban J connectivity index is 1.70. The van der Waals surface area contributed by atoms with Gasteiger partial charge in [0.1, 0.15) is 28.3 Å². The summed E-state index contributed by atoms with van der Waals surface area (Å²) < 4.78 is 6.18. The highest BCUT2D eigenvalue weighted by Gasteiger charge is 2.19. The van der Waals surface area contributed by atoms with Gasteiger partial charge in [-0.1, -0.05) is 30.7 Å². The van der Waals surface area contributed by atoms with Gasteiger partial charge in [0.15, 0.2) is 0 Å². The summed E-state index contributed by atoms with van der Waals surface area (Å²) in [6.07, 6.45) is 2.16. The van der Waals surface area contributed by atoms with Crippen LogP contribution in [0.5, 0.6) is 0 Å². The molecule has 1 N–H and O–H groups in total. The van der Waals surface area contributed by atoms with E-state index in [2.05, 4.69) is 19.7 Å². The van der Waals surface area contributed by atoms with Crippen molar-refractivity contribution in [3.63, 3.8) is 0 Å². The zero-order valence-corrected chi connectivity index (χ0v) is 17.0. The molecule has 0 saturated heterocycles. The number of carbonyl (C=O) groups is 1. The number of rotatable bonds is 5. The van der Waals surface area contributed by atoms with Crippen LogP contribution in [0.3, 0.4) is 0 Å². The summed E-state index contributed by atoms with van der Waals surface area (Å²) in [5, 5.41) is 3.27. The first kappa shape index (κ1) is 19.2. The van der Waals surface area contributed by atoms with Crippen molar-refractivity contribution in [3.8, 4) is 11.4 Å². The van der Waals surface area contributed by atoms with Crippen LogP contribution < -0.4 is 10.9 Å². The first-order valence-corrected chi connectivity index (χ1v) is 10.1. The molecule has 0 aliphatic rings. The molecule has 4 aromatic rings. The molecule has 146 valence electrons. The summed E-state index contributed by atoms with van der Waals surface area (Å²) in [4.78, 5) is 34.5. The van der Waals surface area contributed by atoms with E-state index in [0.717, 1.165) is 11.5 Å². The van der Waals surface area contributed by atoms with E-state index in [1.54, 1.807) is 30.5 Å². The fraction of sp³-hybridized carbons (Fsp3) is 0.150. The van der Waals surface area contributed by atoms with Crippen LogP contribution in [0.4, 0.5) is 5.69 Å². The summed E-state index contributed by atoms with van der Waals surface area (Å²) in [7, 11) is 0. The maximum absolute atomic E-state index is 13.1. The average Bonchev–Trinajstić information content (AvgIpc) is 3.14. The van der Waals surface area contributed by atoms with Crippen LogP contribution in [0.1, 0.15) is 12.7 Å². The molecule has 1 amide bonds. The molecule has 0 radical (unpaired) electrons. The number of aryl methyl sites for hydroxylation is 1. The molecule has 29 heavy (non-hydrogen) atoms. The van der Waals surface area contributed by atoms with Crippen LogP contribution in [-0.4, -0.2) is 24.8 Å². The van der Waals surface area contributed by atoms with Gasteiger partial charge in [-0.3, -0.25) is 19.1 Å². The topological polar surface area (TPSA) is 89.8 Å². The number of aromatic nitrogens is 4. The molecular formula is C20H16ClN5O2S. The quantitative estimate of drug-likeness (QED) is 0.525. The molecule has 0 saturated carbocycles. The SMILES string of the molecule is CCc1nc2c(-c3ccccn3)nsc2c(=O)n1CC(=O)Nc1cccc(Cl)c1. The number of halogens is 1. The van der Waals surface area contributed by atoms with Gasteiger partial charge in [-0.2, -0.15) is 4.37 Å². The average molecular weight is 426 g/mol. The number of amides is 1. The maximum Gasteiger partial charge on any atom is 0.273 e. The summed E-state index contributed by atoms with van der Waals surface area (Å²) in [5.41, 5.74) is 2.03. The third-order valence-electron chi connectivity index (χ3n) is 4.29. The van der Waals surface area contributed by atoms with Gasteiger partial charge >= 0.3 is 0 Å². The van der Waals surface area contributed by atoms with Gasteiger partial charge in [-0.15, -0.1) is 0 Å². The number of anilines is 1. The van der Waals surface area contributed by atoms with Crippen LogP contribution in [0.2, 0.25) is 5.02 Å². The molecule has 0 fully saturated rings. The summed E-state index contributed by atoms with van der Waals surface area (Å²) in [6.45, 7) is 1.74. The molecule has 0 atom stereocenters. The molecule has 0 unspecified atom stereocenters. The number of benzene rings is 1. The lowest BCUT2D eigenvalue weighted by molar-refractivity contribution is -0.116. The third-order valence-corrected chi connectivity index (χ3v) is 5.35. The van der Waals surface area contributed by atoms with Crippen molar-refractivity contribution in [1.29, 1.82) is 0 Å². The van der Waals surface area contributed by atoms with Crippen molar-refractivity contribution < 1.29 is 4.79 Å². The van der Waals surface area contributed by atoms with E-state index in [9.17, 15) is 9.59 Å². The van der Waals surface area contributed by atoms with Crippen LogP contribution in [0.25, 0.3) is 21.6 Å². The second-order valence-corrected chi connectivity index (χ2v) is 7.47. The van der Waals surface area contributed by atoms with Crippen LogP contribution >= 0.6 is 23.1 Å². The molecular weight excluding hydrogens is 410 g/mol. The molecule has 3 aromatic heterocycles. The Morgan fingerprint density at radius 2 is 2.10 bits per heavy atom. The van der Waals surface area contributed by atoms with Gasteiger partial charge in [0.2, 0.25) is 5.91 Å². The minimum absolute atomic E-state index is 0.145. The lowest BCUT2D eigenvalue weighted by atomic mass is 10.2. The minimum atomic E-state index is -0.334. The smallest absolute Gasteiger partial charge is 0.273 e. The van der Waals surface area contributed by atoms with Crippen molar-refractivity contribution in [3.05, 3.63) is 69.9 Å². The van der Waals surface area contributed by atoms with Gasteiger partial charge in [0.25, 0.3) is 5.56 Å². The number of nitrogens with one attached hydrogen (secondary N) is 1. The number of hydrogen-bond acceptors (Lipinski definition) is 6. The maximum atomic E-state index is 13.1. The normalized spacial score (nSPS) is 11.0. The number of carbonyl (C=O) groups excluding carboxylic acids is 1. The number of nitrogens with zero attached hydrogens (tertiary/aromatic N) is 4. The van der Waals surface area contributed by atoms with Crippen LogP contribution in [0, 0.1) is 0 Å². The highest BCUT2D eigenvalue weighted by atomic mass is 35.5. The van der Waals surface area contributed by atoms with Gasteiger partial charge in [0.05, 0.1) is 5.69 Å². The Morgan fingerprint density at radius 3 is 2.83 bits per heavy atom. The van der Waals surface area contributed by atoms with E-state index in [1.165, 1.54) is 4.57 Å². The van der Waals surface area contributed by atoms with E-state index in [1.807, 2.05) is 25.1 Å². The highest BCUT2D eigenvalue weighted by molar-refractivity contribution is 7.13. The molecule has 9 heteroatoms. The Kier molecular flexibility index (Phi) is 5.37. The van der Waals surface area contributed by atoms with Crippen LogP contribution in [0.15, 0.2) is 53.5 Å². The predicted molar refractivity (Wildman–Crippen MR) is 114 cm³/mol. The van der Waals surface area contributed by atoms with E-state index < -0.39 is 0 Å². The van der Waals surface area contributed by atoms with E-state index in [-0.39, 0.29) is 18.0 Å². The second-order valence-electron chi connectivity index (χ2n) is 6.26. The Bertz CT molecular complexity index is 1250. The van der Waals surface area contributed by atoms with Crippen LogP contribution in [-0.2, 0) is 17.8 Å².